The first-order valence-corrected chi connectivity index (χ1v) is 8.47. The van der Waals surface area contributed by atoms with E-state index in [9.17, 15) is 0 Å². The molecule has 1 fully saturated rings. The van der Waals surface area contributed by atoms with E-state index in [1.165, 1.54) is 37.8 Å². The molecule has 1 aromatic rings. The minimum atomic E-state index is 0.121. The molecule has 19 heavy (non-hydrogen) atoms. The van der Waals surface area contributed by atoms with E-state index < -0.39 is 0 Å². The third kappa shape index (κ3) is 3.34. The average molecular weight is 349 g/mol. The Balaban J connectivity index is 2.08. The van der Waals surface area contributed by atoms with Crippen molar-refractivity contribution in [2.24, 2.45) is 0 Å². The van der Waals surface area contributed by atoms with Crippen LogP contribution in [-0.4, -0.2) is 21.2 Å². The van der Waals surface area contributed by atoms with Crippen LogP contribution < -0.4 is 5.32 Å². The van der Waals surface area contributed by atoms with Gasteiger partial charge in [0.25, 0.3) is 0 Å². The zero-order valence-corrected chi connectivity index (χ0v) is 14.1. The summed E-state index contributed by atoms with van der Waals surface area (Å²) in [6, 6.07) is 0. The number of aromatic nitrogens is 2. The Morgan fingerprint density at radius 1 is 1.37 bits per heavy atom. The highest BCUT2D eigenvalue weighted by Crippen LogP contribution is 2.30. The van der Waals surface area contributed by atoms with Gasteiger partial charge in [0.15, 0.2) is 0 Å². The van der Waals surface area contributed by atoms with Crippen LogP contribution in [0.5, 0.6) is 0 Å². The summed E-state index contributed by atoms with van der Waals surface area (Å²) in [5, 5.41) is 8.24. The number of hydrogen-bond donors (Lipinski definition) is 1. The molecule has 3 nitrogen and oxygen atoms in total. The van der Waals surface area contributed by atoms with E-state index in [0.717, 1.165) is 23.3 Å². The second-order valence-corrected chi connectivity index (χ2v) is 6.55. The summed E-state index contributed by atoms with van der Waals surface area (Å²) in [6.07, 6.45) is 6.29. The van der Waals surface area contributed by atoms with Crippen molar-refractivity contribution in [2.45, 2.75) is 64.6 Å². The monoisotopic (exact) mass is 347 g/mol. The number of hydrogen-bond acceptors (Lipinski definition) is 2. The molecule has 0 aromatic carbocycles. The zero-order valence-electron chi connectivity index (χ0n) is 11.8. The van der Waals surface area contributed by atoms with Gasteiger partial charge in [0.05, 0.1) is 15.9 Å². The van der Waals surface area contributed by atoms with Gasteiger partial charge < -0.3 is 5.32 Å². The molecule has 0 aliphatic heterocycles. The summed E-state index contributed by atoms with van der Waals surface area (Å²) >= 11 is 9.88. The highest BCUT2D eigenvalue weighted by atomic mass is 79.9. The molecule has 0 unspecified atom stereocenters. The lowest BCUT2D eigenvalue weighted by Gasteiger charge is -2.36. The van der Waals surface area contributed by atoms with E-state index in [0.29, 0.717) is 5.88 Å². The quantitative estimate of drug-likeness (QED) is 0.815. The third-order valence-corrected chi connectivity index (χ3v) is 5.69. The van der Waals surface area contributed by atoms with Crippen LogP contribution in [-0.2, 0) is 13.1 Å². The Morgan fingerprint density at radius 2 is 2.05 bits per heavy atom. The summed E-state index contributed by atoms with van der Waals surface area (Å²) in [5.41, 5.74) is 2.41. The van der Waals surface area contributed by atoms with E-state index in [2.05, 4.69) is 38.0 Å². The van der Waals surface area contributed by atoms with Crippen LogP contribution in [0.3, 0.4) is 0 Å². The first-order chi connectivity index (χ1) is 9.12. The number of alkyl halides is 1. The first-order valence-electron chi connectivity index (χ1n) is 7.14. The molecule has 0 atom stereocenters. The Hall–Kier alpha value is -0.0600. The van der Waals surface area contributed by atoms with Crippen LogP contribution in [0.15, 0.2) is 4.47 Å². The van der Waals surface area contributed by atoms with Gasteiger partial charge in [0.1, 0.15) is 0 Å². The van der Waals surface area contributed by atoms with Gasteiger partial charge in [-0.2, -0.15) is 5.10 Å². The average Bonchev–Trinajstić information content (AvgIpc) is 2.73. The molecule has 0 radical (unpaired) electrons. The lowest BCUT2D eigenvalue weighted by atomic mass is 9.83. The third-order valence-electron chi connectivity index (χ3n) is 4.15. The molecule has 0 amide bonds. The summed E-state index contributed by atoms with van der Waals surface area (Å²) < 4.78 is 3.19. The molecule has 0 saturated heterocycles. The maximum Gasteiger partial charge on any atom is 0.0739 e. The van der Waals surface area contributed by atoms with Crippen molar-refractivity contribution in [1.29, 1.82) is 0 Å². The van der Waals surface area contributed by atoms with Gasteiger partial charge in [-0.25, -0.2) is 0 Å². The molecule has 5 heteroatoms. The van der Waals surface area contributed by atoms with Crippen molar-refractivity contribution in [2.75, 3.05) is 5.88 Å². The highest BCUT2D eigenvalue weighted by molar-refractivity contribution is 9.10. The largest absolute Gasteiger partial charge is 0.304 e. The fraction of sp³-hybridized carbons (Fsp3) is 0.786. The van der Waals surface area contributed by atoms with Crippen LogP contribution in [0, 0.1) is 6.92 Å². The van der Waals surface area contributed by atoms with Crippen molar-refractivity contribution < 1.29 is 0 Å². The van der Waals surface area contributed by atoms with Crippen molar-refractivity contribution >= 4 is 27.5 Å². The smallest absolute Gasteiger partial charge is 0.0739 e. The Morgan fingerprint density at radius 3 is 2.63 bits per heavy atom. The molecule has 1 N–H and O–H groups in total. The van der Waals surface area contributed by atoms with Crippen molar-refractivity contribution in [3.8, 4) is 0 Å². The molecule has 2 rings (SSSR count). The van der Waals surface area contributed by atoms with Gasteiger partial charge in [-0.3, -0.25) is 4.68 Å². The maximum absolute atomic E-state index is 6.23. The number of aryl methyl sites for hydroxylation is 2. The number of nitrogens with one attached hydrogen (secondary N) is 1. The standard InChI is InChI=1S/C14H23BrClN3/c1-3-19-12(13(15)11(2)18-19)9-17-14(10-16)7-5-4-6-8-14/h17H,3-10H2,1-2H3. The Bertz CT molecular complexity index is 425. The lowest BCUT2D eigenvalue weighted by molar-refractivity contribution is 0.254. The van der Waals surface area contributed by atoms with Gasteiger partial charge in [0.2, 0.25) is 0 Å². The fourth-order valence-electron chi connectivity index (χ4n) is 2.90. The van der Waals surface area contributed by atoms with Crippen molar-refractivity contribution in [3.63, 3.8) is 0 Å². The van der Waals surface area contributed by atoms with Crippen molar-refractivity contribution in [3.05, 3.63) is 15.9 Å². The number of rotatable bonds is 5. The maximum atomic E-state index is 6.23. The van der Waals surface area contributed by atoms with Crippen LogP contribution in [0.25, 0.3) is 0 Å². The predicted octanol–water partition coefficient (Wildman–Crippen LogP) is 4.01. The van der Waals surface area contributed by atoms with Gasteiger partial charge >= 0.3 is 0 Å². The number of nitrogens with zero attached hydrogens (tertiary/aromatic N) is 2. The molecule has 1 heterocycles. The van der Waals surface area contributed by atoms with Gasteiger partial charge in [-0.15, -0.1) is 11.6 Å². The predicted molar refractivity (Wildman–Crippen MR) is 83.7 cm³/mol. The zero-order chi connectivity index (χ0) is 13.9. The molecule has 0 spiro atoms. The minimum Gasteiger partial charge on any atom is -0.304 e. The normalized spacial score (nSPS) is 18.7. The summed E-state index contributed by atoms with van der Waals surface area (Å²) in [5.74, 6) is 0.698. The van der Waals surface area contributed by atoms with Crippen LogP contribution in [0.1, 0.15) is 50.4 Å². The summed E-state index contributed by atoms with van der Waals surface area (Å²) in [6.45, 7) is 5.90. The minimum absolute atomic E-state index is 0.121. The molecular formula is C14H23BrClN3. The van der Waals surface area contributed by atoms with Gasteiger partial charge in [-0.05, 0) is 42.6 Å². The molecule has 1 aliphatic carbocycles. The van der Waals surface area contributed by atoms with E-state index in [1.54, 1.807) is 0 Å². The molecule has 1 aromatic heterocycles. The van der Waals surface area contributed by atoms with Crippen LogP contribution in [0.4, 0.5) is 0 Å². The topological polar surface area (TPSA) is 29.9 Å². The van der Waals surface area contributed by atoms with Crippen LogP contribution in [0.2, 0.25) is 0 Å². The summed E-state index contributed by atoms with van der Waals surface area (Å²) in [7, 11) is 0. The van der Waals surface area contributed by atoms with Crippen molar-refractivity contribution in [1.82, 2.24) is 15.1 Å². The van der Waals surface area contributed by atoms with E-state index >= 15 is 0 Å². The second kappa shape index (κ2) is 6.59. The van der Waals surface area contributed by atoms with E-state index in [1.807, 2.05) is 6.92 Å². The summed E-state index contributed by atoms with van der Waals surface area (Å²) in [4.78, 5) is 0. The molecule has 1 aliphatic rings. The molecule has 1 saturated carbocycles. The van der Waals surface area contributed by atoms with E-state index in [4.69, 9.17) is 11.6 Å². The highest BCUT2D eigenvalue weighted by Gasteiger charge is 2.31. The van der Waals surface area contributed by atoms with Gasteiger partial charge in [0, 0.05) is 24.5 Å². The SMILES string of the molecule is CCn1nc(C)c(Br)c1CNC1(CCl)CCCCC1. The second-order valence-electron chi connectivity index (χ2n) is 5.49. The molecule has 108 valence electrons. The Kier molecular flexibility index (Phi) is 5.32. The Labute approximate surface area is 129 Å². The van der Waals surface area contributed by atoms with E-state index in [-0.39, 0.29) is 5.54 Å². The van der Waals surface area contributed by atoms with Crippen LogP contribution >= 0.6 is 27.5 Å². The lowest BCUT2D eigenvalue weighted by Crippen LogP contribution is -2.48. The molecule has 0 bridgehead atoms. The number of halogens is 2. The first kappa shape index (κ1) is 15.3. The van der Waals surface area contributed by atoms with Gasteiger partial charge in [-0.1, -0.05) is 19.3 Å². The fourth-order valence-corrected chi connectivity index (χ4v) is 3.68. The molecular weight excluding hydrogens is 326 g/mol.